The average molecular weight is 373 g/mol. The van der Waals surface area contributed by atoms with E-state index in [1.165, 1.54) is 52.1 Å². The molecule has 3 N–H and O–H groups in total. The zero-order chi connectivity index (χ0) is 19.1. The molecule has 1 saturated carbocycles. The Hall–Kier alpha value is -2.21. The van der Waals surface area contributed by atoms with Crippen LogP contribution in [0.2, 0.25) is 0 Å². The van der Waals surface area contributed by atoms with Gasteiger partial charge in [0, 0.05) is 19.0 Å². The van der Waals surface area contributed by atoms with E-state index >= 15 is 0 Å². The van der Waals surface area contributed by atoms with E-state index in [1.807, 2.05) is 24.3 Å². The van der Waals surface area contributed by atoms with Crippen molar-refractivity contribution in [3.63, 3.8) is 0 Å². The number of nitrogen functional groups attached to an aromatic ring is 1. The molecule has 1 heterocycles. The number of nitrogens with two attached hydrogens (primary N) is 1. The molecule has 27 heavy (non-hydrogen) atoms. The summed E-state index contributed by atoms with van der Waals surface area (Å²) in [5.74, 6) is 0.637. The highest BCUT2D eigenvalue weighted by Gasteiger charge is 2.28. The Morgan fingerprint density at radius 1 is 1.15 bits per heavy atom. The Morgan fingerprint density at radius 3 is 2.56 bits per heavy atom. The Morgan fingerprint density at radius 2 is 1.85 bits per heavy atom. The minimum absolute atomic E-state index is 0.560. The summed E-state index contributed by atoms with van der Waals surface area (Å²) in [6.07, 6.45) is 9.13. The molecule has 0 atom stereocenters. The first-order valence-electron chi connectivity index (χ1n) is 10.0. The number of carbonyl (C=O) groups is 1. The number of methoxy groups -OCH3 is 1. The van der Waals surface area contributed by atoms with Crippen molar-refractivity contribution in [2.24, 2.45) is 0 Å². The maximum Gasteiger partial charge on any atom is 0.513 e. The van der Waals surface area contributed by atoms with Gasteiger partial charge in [-0.15, -0.1) is 0 Å². The fourth-order valence-electron chi connectivity index (χ4n) is 4.01. The molecule has 0 amide bonds. The number of para-hydroxylation sites is 2. The highest BCUT2D eigenvalue weighted by molar-refractivity contribution is 5.68. The molecule has 0 bridgehead atoms. The van der Waals surface area contributed by atoms with Crippen LogP contribution in [0.4, 0.5) is 16.2 Å². The van der Waals surface area contributed by atoms with Gasteiger partial charge in [0.25, 0.3) is 0 Å². The fraction of sp³-hybridized carbons (Fsp3) is 0.571. The number of nitrogens with zero attached hydrogens (tertiary/aromatic N) is 1. The number of hydrogen-bond donors (Lipinski definition) is 2. The van der Waals surface area contributed by atoms with Crippen molar-refractivity contribution in [3.8, 4) is 0 Å². The normalized spacial score (nSPS) is 19.9. The lowest BCUT2D eigenvalue weighted by Gasteiger charge is -2.37. The molecule has 148 valence electrons. The van der Waals surface area contributed by atoms with Crippen molar-refractivity contribution >= 4 is 17.5 Å². The summed E-state index contributed by atoms with van der Waals surface area (Å²) in [7, 11) is 1.33. The molecule has 1 aliphatic heterocycles. The quantitative estimate of drug-likeness (QED) is 0.598. The summed E-state index contributed by atoms with van der Waals surface area (Å²) < 4.78 is 10.2. The van der Waals surface area contributed by atoms with Gasteiger partial charge in [-0.25, -0.2) is 4.79 Å². The van der Waals surface area contributed by atoms with Gasteiger partial charge in [0.1, 0.15) is 5.76 Å². The molecular weight excluding hydrogens is 342 g/mol. The van der Waals surface area contributed by atoms with Gasteiger partial charge >= 0.3 is 6.16 Å². The summed E-state index contributed by atoms with van der Waals surface area (Å²) in [6, 6.07) is 8.18. The van der Waals surface area contributed by atoms with Crippen molar-refractivity contribution in [2.75, 3.05) is 31.2 Å². The third-order valence-electron chi connectivity index (χ3n) is 5.54. The molecule has 6 nitrogen and oxygen atoms in total. The highest BCUT2D eigenvalue weighted by Crippen LogP contribution is 2.29. The first-order chi connectivity index (χ1) is 13.2. The van der Waals surface area contributed by atoms with Crippen LogP contribution in [0, 0.1) is 0 Å². The van der Waals surface area contributed by atoms with E-state index in [0.29, 0.717) is 24.0 Å². The van der Waals surface area contributed by atoms with E-state index in [0.717, 1.165) is 24.4 Å². The minimum Gasteiger partial charge on any atom is -0.437 e. The van der Waals surface area contributed by atoms with Gasteiger partial charge in [0.2, 0.25) is 0 Å². The van der Waals surface area contributed by atoms with Crippen LogP contribution in [0.3, 0.4) is 0 Å². The van der Waals surface area contributed by atoms with Crippen LogP contribution in [-0.2, 0) is 9.47 Å². The van der Waals surface area contributed by atoms with E-state index in [-0.39, 0.29) is 0 Å². The van der Waals surface area contributed by atoms with E-state index in [2.05, 4.69) is 10.2 Å². The van der Waals surface area contributed by atoms with Crippen molar-refractivity contribution in [2.45, 2.75) is 57.4 Å². The Kier molecular flexibility index (Phi) is 6.98. The van der Waals surface area contributed by atoms with Crippen LogP contribution < -0.4 is 11.1 Å². The summed E-state index contributed by atoms with van der Waals surface area (Å²) in [5.41, 5.74) is 8.46. The molecule has 1 aliphatic carbocycles. The molecule has 1 aromatic rings. The SMILES string of the molecule is COC(=O)OC1=C(Nc2ccccc2N)CCN(C2CCCCCCC2)C1. The lowest BCUT2D eigenvalue weighted by atomic mass is 9.94. The maximum atomic E-state index is 11.8. The third kappa shape index (κ3) is 5.39. The lowest BCUT2D eigenvalue weighted by Crippen LogP contribution is -2.42. The second-order valence-electron chi connectivity index (χ2n) is 7.39. The second kappa shape index (κ2) is 9.65. The van der Waals surface area contributed by atoms with E-state index < -0.39 is 6.16 Å². The summed E-state index contributed by atoms with van der Waals surface area (Å²) >= 11 is 0. The second-order valence-corrected chi connectivity index (χ2v) is 7.39. The van der Waals surface area contributed by atoms with Crippen LogP contribution >= 0.6 is 0 Å². The zero-order valence-corrected chi connectivity index (χ0v) is 16.2. The van der Waals surface area contributed by atoms with Crippen molar-refractivity contribution < 1.29 is 14.3 Å². The topological polar surface area (TPSA) is 76.8 Å². The number of anilines is 2. The monoisotopic (exact) mass is 373 g/mol. The predicted octanol–water partition coefficient (Wildman–Crippen LogP) is 4.49. The molecule has 0 saturated heterocycles. The fourth-order valence-corrected chi connectivity index (χ4v) is 4.01. The predicted molar refractivity (Wildman–Crippen MR) is 107 cm³/mol. The Balaban J connectivity index is 1.76. The standard InChI is InChI=1S/C21H31N3O3/c1-26-21(25)27-20-15-24(16-9-5-3-2-4-6-10-16)14-13-19(20)23-18-12-8-7-11-17(18)22/h7-8,11-12,16,23H,2-6,9-10,13-15,22H2,1H3. The summed E-state index contributed by atoms with van der Waals surface area (Å²) in [6.45, 7) is 1.57. The van der Waals surface area contributed by atoms with Gasteiger partial charge in [0.15, 0.2) is 0 Å². The maximum absolute atomic E-state index is 11.8. The van der Waals surface area contributed by atoms with Crippen molar-refractivity contribution in [1.82, 2.24) is 4.90 Å². The lowest BCUT2D eigenvalue weighted by molar-refractivity contribution is 0.0777. The van der Waals surface area contributed by atoms with Gasteiger partial charge in [0.05, 0.1) is 30.7 Å². The molecule has 1 fully saturated rings. The van der Waals surface area contributed by atoms with Gasteiger partial charge < -0.3 is 20.5 Å². The number of benzene rings is 1. The molecule has 2 aliphatic rings. The molecule has 0 radical (unpaired) electrons. The van der Waals surface area contributed by atoms with Crippen LogP contribution in [0.1, 0.15) is 51.4 Å². The van der Waals surface area contributed by atoms with Crippen LogP contribution in [-0.4, -0.2) is 37.3 Å². The van der Waals surface area contributed by atoms with E-state index in [1.54, 1.807) is 0 Å². The van der Waals surface area contributed by atoms with Crippen LogP contribution in [0.25, 0.3) is 0 Å². The number of rotatable bonds is 4. The van der Waals surface area contributed by atoms with Gasteiger partial charge in [-0.2, -0.15) is 0 Å². The number of carbonyl (C=O) groups excluding carboxylic acids is 1. The zero-order valence-electron chi connectivity index (χ0n) is 16.2. The molecular formula is C21H31N3O3. The Labute approximate surface area is 161 Å². The van der Waals surface area contributed by atoms with Gasteiger partial charge in [-0.05, 0) is 25.0 Å². The summed E-state index contributed by atoms with van der Waals surface area (Å²) in [4.78, 5) is 14.2. The van der Waals surface area contributed by atoms with Gasteiger partial charge in [-0.1, -0.05) is 44.2 Å². The molecule has 6 heteroatoms. The first-order valence-corrected chi connectivity index (χ1v) is 10.0. The smallest absolute Gasteiger partial charge is 0.437 e. The average Bonchev–Trinajstić information content (AvgIpc) is 2.64. The molecule has 0 unspecified atom stereocenters. The van der Waals surface area contributed by atoms with Crippen LogP contribution in [0.5, 0.6) is 0 Å². The van der Waals surface area contributed by atoms with Gasteiger partial charge in [-0.3, -0.25) is 4.90 Å². The minimum atomic E-state index is -0.676. The van der Waals surface area contributed by atoms with E-state index in [4.69, 9.17) is 15.2 Å². The van der Waals surface area contributed by atoms with Crippen molar-refractivity contribution in [3.05, 3.63) is 35.7 Å². The highest BCUT2D eigenvalue weighted by atomic mass is 16.7. The largest absolute Gasteiger partial charge is 0.513 e. The number of ether oxygens (including phenoxy) is 2. The van der Waals surface area contributed by atoms with Crippen LogP contribution in [0.15, 0.2) is 35.7 Å². The molecule has 0 spiro atoms. The molecule has 0 aromatic heterocycles. The Bertz CT molecular complexity index is 666. The first kappa shape index (κ1) is 19.5. The third-order valence-corrected chi connectivity index (χ3v) is 5.54. The van der Waals surface area contributed by atoms with E-state index in [9.17, 15) is 4.79 Å². The number of nitrogens with one attached hydrogen (secondary N) is 1. The summed E-state index contributed by atoms with van der Waals surface area (Å²) in [5, 5.41) is 3.37. The molecule has 3 rings (SSSR count). The number of hydrogen-bond acceptors (Lipinski definition) is 6. The molecule has 1 aromatic carbocycles. The van der Waals surface area contributed by atoms with Crippen molar-refractivity contribution in [1.29, 1.82) is 0 Å².